The number of fused-ring (bicyclic) bond motifs is 2. The van der Waals surface area contributed by atoms with E-state index in [0.29, 0.717) is 49.1 Å². The Hall–Kier alpha value is -3.26. The number of benzene rings is 3. The summed E-state index contributed by atoms with van der Waals surface area (Å²) >= 11 is 4.62. The molecule has 10 heteroatoms. The van der Waals surface area contributed by atoms with Gasteiger partial charge in [0.15, 0.2) is 0 Å². The topological polar surface area (TPSA) is 97.3 Å². The molecule has 0 radical (unpaired) electrons. The van der Waals surface area contributed by atoms with E-state index in [9.17, 15) is 9.59 Å². The first kappa shape index (κ1) is 36.0. The van der Waals surface area contributed by atoms with Gasteiger partial charge in [-0.2, -0.15) is 0 Å². The Kier molecular flexibility index (Phi) is 13.5. The second-order valence-electron chi connectivity index (χ2n) is 11.7. The van der Waals surface area contributed by atoms with Crippen LogP contribution >= 0.6 is 45.2 Å². The molecule has 48 heavy (non-hydrogen) atoms. The highest BCUT2D eigenvalue weighted by molar-refractivity contribution is 14.1. The van der Waals surface area contributed by atoms with E-state index in [0.717, 1.165) is 91.9 Å². The van der Waals surface area contributed by atoms with Crippen LogP contribution in [0.3, 0.4) is 0 Å². The minimum Gasteiger partial charge on any atom is -0.493 e. The van der Waals surface area contributed by atoms with E-state index in [-0.39, 0.29) is 11.3 Å². The second kappa shape index (κ2) is 17.9. The van der Waals surface area contributed by atoms with Crippen LogP contribution in [0.15, 0.2) is 79.1 Å². The summed E-state index contributed by atoms with van der Waals surface area (Å²) in [6, 6.07) is 18.4. The Morgan fingerprint density at radius 3 is 1.27 bits per heavy atom. The van der Waals surface area contributed by atoms with Gasteiger partial charge in [-0.05, 0) is 158 Å². The molecule has 2 aromatic heterocycles. The lowest BCUT2D eigenvalue weighted by molar-refractivity contribution is 0.281. The zero-order chi connectivity index (χ0) is 33.9. The predicted octanol–water partition coefficient (Wildman–Crippen LogP) is 9.76. The van der Waals surface area contributed by atoms with Gasteiger partial charge in [0.1, 0.15) is 34.2 Å². The highest BCUT2D eigenvalue weighted by Crippen LogP contribution is 2.32. The quantitative estimate of drug-likeness (QED) is 0.0488. The number of aryl methyl sites for hydroxylation is 2. The maximum Gasteiger partial charge on any atom is 0.336 e. The number of halogens is 2. The van der Waals surface area contributed by atoms with Crippen molar-refractivity contribution in [2.45, 2.75) is 65.2 Å². The van der Waals surface area contributed by atoms with E-state index in [1.54, 1.807) is 12.1 Å². The molecule has 0 aliphatic carbocycles. The van der Waals surface area contributed by atoms with Crippen LogP contribution in [0.5, 0.6) is 23.0 Å². The SMILES string of the molecule is Cc1cc(=O)oc2cc(OCCCCCCOc3cc(I)c(OCCCCCCOc4ccc5c(C)cc(=O)oc5c4)cc3I)ccc12. The standard InChI is InChI=1S/C38H40I2O8/c1-25-19-37(41)47-33-21-27(11-13-29(25)33)43-15-7-3-5-9-17-45-35-23-32(40)36(24-31(35)39)46-18-10-6-4-8-16-44-28-12-14-30-26(2)20-38(42)48-34(30)22-28/h11-14,19-24H,3-10,15-18H2,1-2H3. The van der Waals surface area contributed by atoms with Crippen molar-refractivity contribution in [2.24, 2.45) is 0 Å². The molecular weight excluding hydrogens is 838 g/mol. The van der Waals surface area contributed by atoms with E-state index in [1.807, 2.05) is 38.1 Å². The van der Waals surface area contributed by atoms with Crippen molar-refractivity contribution in [3.05, 3.63) is 99.8 Å². The van der Waals surface area contributed by atoms with Crippen LogP contribution < -0.4 is 30.2 Å². The zero-order valence-electron chi connectivity index (χ0n) is 27.3. The van der Waals surface area contributed by atoms with E-state index < -0.39 is 0 Å². The molecule has 0 bridgehead atoms. The lowest BCUT2D eigenvalue weighted by atomic mass is 10.1. The fourth-order valence-electron chi connectivity index (χ4n) is 5.38. The smallest absolute Gasteiger partial charge is 0.336 e. The van der Waals surface area contributed by atoms with E-state index in [4.69, 9.17) is 27.8 Å². The van der Waals surface area contributed by atoms with Crippen LogP contribution in [-0.4, -0.2) is 26.4 Å². The number of hydrogen-bond donors (Lipinski definition) is 0. The molecule has 0 spiro atoms. The highest BCUT2D eigenvalue weighted by atomic mass is 127. The molecule has 254 valence electrons. The van der Waals surface area contributed by atoms with Gasteiger partial charge in [-0.1, -0.05) is 0 Å². The fourth-order valence-corrected chi connectivity index (χ4v) is 6.57. The van der Waals surface area contributed by atoms with Gasteiger partial charge in [0, 0.05) is 35.0 Å². The Labute approximate surface area is 307 Å². The molecule has 0 aliphatic heterocycles. The maximum atomic E-state index is 11.7. The van der Waals surface area contributed by atoms with Crippen LogP contribution in [0, 0.1) is 21.0 Å². The van der Waals surface area contributed by atoms with Crippen molar-refractivity contribution in [1.29, 1.82) is 0 Å². The first-order valence-corrected chi connectivity index (χ1v) is 18.5. The van der Waals surface area contributed by atoms with Gasteiger partial charge >= 0.3 is 11.3 Å². The average molecular weight is 879 g/mol. The normalized spacial score (nSPS) is 11.2. The van der Waals surface area contributed by atoms with Crippen molar-refractivity contribution in [3.63, 3.8) is 0 Å². The minimum absolute atomic E-state index is 0.344. The van der Waals surface area contributed by atoms with Crippen molar-refractivity contribution in [3.8, 4) is 23.0 Å². The molecule has 2 heterocycles. The Morgan fingerprint density at radius 1 is 0.500 bits per heavy atom. The third kappa shape index (κ3) is 10.4. The third-order valence-corrected chi connectivity index (χ3v) is 9.65. The van der Waals surface area contributed by atoms with Crippen molar-refractivity contribution in [1.82, 2.24) is 0 Å². The van der Waals surface area contributed by atoms with Crippen molar-refractivity contribution >= 4 is 67.1 Å². The molecule has 0 saturated heterocycles. The number of ether oxygens (including phenoxy) is 4. The highest BCUT2D eigenvalue weighted by Gasteiger charge is 2.10. The van der Waals surface area contributed by atoms with Crippen molar-refractivity contribution < 1.29 is 27.8 Å². The van der Waals surface area contributed by atoms with Gasteiger partial charge in [0.05, 0.1) is 33.6 Å². The molecule has 0 amide bonds. The van der Waals surface area contributed by atoms with Gasteiger partial charge in [-0.15, -0.1) is 0 Å². The van der Waals surface area contributed by atoms with E-state index >= 15 is 0 Å². The minimum atomic E-state index is -0.344. The van der Waals surface area contributed by atoms with Crippen LogP contribution in [0.25, 0.3) is 21.9 Å². The first-order valence-electron chi connectivity index (χ1n) is 16.4. The summed E-state index contributed by atoms with van der Waals surface area (Å²) in [5, 5.41) is 1.85. The molecule has 0 atom stereocenters. The third-order valence-electron chi connectivity index (χ3n) is 7.96. The number of rotatable bonds is 18. The van der Waals surface area contributed by atoms with Crippen LogP contribution in [-0.2, 0) is 0 Å². The molecule has 0 aliphatic rings. The lowest BCUT2D eigenvalue weighted by Crippen LogP contribution is -2.03. The van der Waals surface area contributed by atoms with Gasteiger partial charge in [-0.3, -0.25) is 0 Å². The Balaban J connectivity index is 0.914. The summed E-state index contributed by atoms with van der Waals surface area (Å²) in [7, 11) is 0. The molecular formula is C38H40I2O8. The Bertz CT molecular complexity index is 1810. The molecule has 0 fully saturated rings. The summed E-state index contributed by atoms with van der Waals surface area (Å²) in [6.45, 7) is 6.36. The Morgan fingerprint density at radius 2 is 0.875 bits per heavy atom. The van der Waals surface area contributed by atoms with Crippen LogP contribution in [0.1, 0.15) is 62.5 Å². The van der Waals surface area contributed by atoms with Gasteiger partial charge in [0.2, 0.25) is 0 Å². The maximum absolute atomic E-state index is 11.7. The zero-order valence-corrected chi connectivity index (χ0v) is 31.6. The van der Waals surface area contributed by atoms with Crippen LogP contribution in [0.2, 0.25) is 0 Å². The van der Waals surface area contributed by atoms with E-state index in [1.165, 1.54) is 12.1 Å². The van der Waals surface area contributed by atoms with Gasteiger partial charge < -0.3 is 27.8 Å². The molecule has 5 rings (SSSR count). The van der Waals surface area contributed by atoms with Gasteiger partial charge in [0.25, 0.3) is 0 Å². The molecule has 0 N–H and O–H groups in total. The summed E-state index contributed by atoms with van der Waals surface area (Å²) in [6.07, 6.45) is 8.02. The number of hydrogen-bond acceptors (Lipinski definition) is 8. The molecule has 0 unspecified atom stereocenters. The summed E-state index contributed by atoms with van der Waals surface area (Å²) in [5.74, 6) is 3.20. The summed E-state index contributed by atoms with van der Waals surface area (Å²) in [5.41, 5.74) is 2.23. The monoisotopic (exact) mass is 878 g/mol. The predicted molar refractivity (Wildman–Crippen MR) is 205 cm³/mol. The second-order valence-corrected chi connectivity index (χ2v) is 14.1. The lowest BCUT2D eigenvalue weighted by Gasteiger charge is -2.13. The molecule has 8 nitrogen and oxygen atoms in total. The fraction of sp³-hybridized carbons (Fsp3) is 0.368. The molecule has 0 saturated carbocycles. The first-order chi connectivity index (χ1) is 23.3. The molecule has 3 aromatic carbocycles. The summed E-state index contributed by atoms with van der Waals surface area (Å²) < 4.78 is 36.6. The molecule has 5 aromatic rings. The number of unbranched alkanes of at least 4 members (excludes halogenated alkanes) is 6. The summed E-state index contributed by atoms with van der Waals surface area (Å²) in [4.78, 5) is 23.3. The van der Waals surface area contributed by atoms with Crippen molar-refractivity contribution in [2.75, 3.05) is 26.4 Å². The average Bonchev–Trinajstić information content (AvgIpc) is 3.04. The largest absolute Gasteiger partial charge is 0.493 e. The van der Waals surface area contributed by atoms with E-state index in [2.05, 4.69) is 57.3 Å². The van der Waals surface area contributed by atoms with Gasteiger partial charge in [-0.25, -0.2) is 9.59 Å². The van der Waals surface area contributed by atoms with Crippen LogP contribution in [0.4, 0.5) is 0 Å².